The molecule has 2 atom stereocenters. The van der Waals surface area contributed by atoms with Crippen LogP contribution in [0.3, 0.4) is 0 Å². The van der Waals surface area contributed by atoms with E-state index in [4.69, 9.17) is 23.2 Å². The van der Waals surface area contributed by atoms with E-state index in [1.807, 2.05) is 52.1 Å². The molecule has 7 heteroatoms. The minimum atomic E-state index is -0.331. The number of para-hydroxylation sites is 1. The fraction of sp³-hybridized carbons (Fsp3) is 0.333. The van der Waals surface area contributed by atoms with Gasteiger partial charge in [-0.05, 0) is 44.0 Å². The summed E-state index contributed by atoms with van der Waals surface area (Å²) in [6.07, 6.45) is 0. The van der Waals surface area contributed by atoms with Crippen LogP contribution < -0.4 is 15.5 Å². The molecule has 0 spiro atoms. The van der Waals surface area contributed by atoms with Crippen LogP contribution in [0, 0.1) is 13.8 Å². The first-order chi connectivity index (χ1) is 13.2. The lowest BCUT2D eigenvalue weighted by atomic mass is 10.1. The number of aryl methyl sites for hydroxylation is 2. The molecular formula is C21H26Cl2N3O2+. The summed E-state index contributed by atoms with van der Waals surface area (Å²) in [5.74, 6) is -0.436. The highest BCUT2D eigenvalue weighted by Gasteiger charge is 2.22. The number of quaternary nitrogens is 1. The summed E-state index contributed by atoms with van der Waals surface area (Å²) < 4.78 is 0. The van der Waals surface area contributed by atoms with E-state index in [-0.39, 0.29) is 24.4 Å². The molecule has 0 aromatic heterocycles. The summed E-state index contributed by atoms with van der Waals surface area (Å²) in [4.78, 5) is 25.6. The molecule has 0 radical (unpaired) electrons. The van der Waals surface area contributed by atoms with E-state index in [1.165, 1.54) is 0 Å². The Morgan fingerprint density at radius 1 is 1.07 bits per heavy atom. The normalized spacial score (nSPS) is 12.9. The van der Waals surface area contributed by atoms with Crippen LogP contribution in [0.25, 0.3) is 0 Å². The smallest absolute Gasteiger partial charge is 0.278 e. The van der Waals surface area contributed by atoms with Crippen LogP contribution in [0.15, 0.2) is 36.4 Å². The molecule has 1 unspecified atom stereocenters. The summed E-state index contributed by atoms with van der Waals surface area (Å²) in [7, 11) is 1.92. The number of halogens is 2. The highest BCUT2D eigenvalue weighted by atomic mass is 35.5. The minimum absolute atomic E-state index is 0.0724. The molecule has 0 saturated heterocycles. The van der Waals surface area contributed by atoms with E-state index in [9.17, 15) is 9.59 Å². The van der Waals surface area contributed by atoms with Crippen LogP contribution in [0.2, 0.25) is 10.0 Å². The van der Waals surface area contributed by atoms with Crippen LogP contribution in [-0.2, 0) is 16.1 Å². The number of rotatable bonds is 7. The Labute approximate surface area is 176 Å². The Balaban J connectivity index is 1.87. The molecule has 2 aromatic carbocycles. The van der Waals surface area contributed by atoms with Crippen molar-refractivity contribution in [2.75, 3.05) is 18.9 Å². The van der Waals surface area contributed by atoms with Gasteiger partial charge < -0.3 is 15.5 Å². The van der Waals surface area contributed by atoms with Gasteiger partial charge in [0.05, 0.1) is 23.6 Å². The first kappa shape index (κ1) is 22.2. The zero-order chi connectivity index (χ0) is 20.8. The molecule has 0 heterocycles. The first-order valence-electron chi connectivity index (χ1n) is 9.09. The van der Waals surface area contributed by atoms with Gasteiger partial charge in [-0.2, -0.15) is 0 Å². The number of carbonyl (C=O) groups excluding carboxylic acids is 2. The number of likely N-dealkylation sites (N-methyl/N-ethyl adjacent to an activating group) is 1. The Morgan fingerprint density at radius 3 is 2.32 bits per heavy atom. The molecule has 2 rings (SSSR count). The standard InChI is InChI=1S/C21H25Cl2N3O2/c1-13-6-5-7-14(2)20(13)25-19(27)11-24-21(28)15(3)26(4)12-16-8-9-17(22)18(23)10-16/h5-10,15H,11-12H2,1-4H3,(H,24,28)(H,25,27)/p+1/t15-/m1/s1. The Bertz CT molecular complexity index is 850. The molecular weight excluding hydrogens is 397 g/mol. The molecule has 0 saturated carbocycles. The number of anilines is 1. The van der Waals surface area contributed by atoms with Crippen LogP contribution >= 0.6 is 23.2 Å². The highest BCUT2D eigenvalue weighted by Crippen LogP contribution is 2.22. The number of nitrogens with one attached hydrogen (secondary N) is 3. The SMILES string of the molecule is Cc1cccc(C)c1NC(=O)CNC(=O)[C@@H](C)[NH+](C)Cc1ccc(Cl)c(Cl)c1. The molecule has 5 nitrogen and oxygen atoms in total. The monoisotopic (exact) mass is 422 g/mol. The zero-order valence-electron chi connectivity index (χ0n) is 16.5. The molecule has 0 bridgehead atoms. The molecule has 0 aliphatic heterocycles. The van der Waals surface area contributed by atoms with Crippen LogP contribution in [0.1, 0.15) is 23.6 Å². The fourth-order valence-electron chi connectivity index (χ4n) is 2.86. The second-order valence-corrected chi connectivity index (χ2v) is 7.84. The molecule has 28 heavy (non-hydrogen) atoms. The third kappa shape index (κ3) is 5.96. The maximum atomic E-state index is 12.4. The number of benzene rings is 2. The molecule has 0 aliphatic carbocycles. The highest BCUT2D eigenvalue weighted by molar-refractivity contribution is 6.42. The topological polar surface area (TPSA) is 62.6 Å². The lowest BCUT2D eigenvalue weighted by Gasteiger charge is -2.21. The van der Waals surface area contributed by atoms with Gasteiger partial charge in [0, 0.05) is 11.3 Å². The van der Waals surface area contributed by atoms with E-state index in [0.717, 1.165) is 27.3 Å². The third-order valence-electron chi connectivity index (χ3n) is 4.77. The predicted octanol–water partition coefficient (Wildman–Crippen LogP) is 2.77. The van der Waals surface area contributed by atoms with Crippen molar-refractivity contribution in [3.05, 3.63) is 63.1 Å². The first-order valence-corrected chi connectivity index (χ1v) is 9.84. The van der Waals surface area contributed by atoms with Gasteiger partial charge in [-0.1, -0.05) is 47.5 Å². The van der Waals surface area contributed by atoms with Crippen molar-refractivity contribution < 1.29 is 14.5 Å². The average Bonchev–Trinajstić information content (AvgIpc) is 2.65. The second kappa shape index (κ2) is 9.92. The van der Waals surface area contributed by atoms with E-state index in [1.54, 1.807) is 12.1 Å². The molecule has 0 aliphatic rings. The van der Waals surface area contributed by atoms with Gasteiger partial charge in [0.2, 0.25) is 5.91 Å². The van der Waals surface area contributed by atoms with Crippen LogP contribution in [0.4, 0.5) is 5.69 Å². The second-order valence-electron chi connectivity index (χ2n) is 7.03. The molecule has 2 aromatic rings. The number of amides is 2. The summed E-state index contributed by atoms with van der Waals surface area (Å²) in [6, 6.07) is 10.9. The lowest BCUT2D eigenvalue weighted by Crippen LogP contribution is -3.12. The van der Waals surface area contributed by atoms with Gasteiger partial charge in [0.25, 0.3) is 5.91 Å². The van der Waals surface area contributed by atoms with Crippen LogP contribution in [0.5, 0.6) is 0 Å². The third-order valence-corrected chi connectivity index (χ3v) is 5.51. The van der Waals surface area contributed by atoms with Gasteiger partial charge in [0.15, 0.2) is 6.04 Å². The number of carbonyl (C=O) groups is 2. The maximum absolute atomic E-state index is 12.4. The predicted molar refractivity (Wildman–Crippen MR) is 114 cm³/mol. The van der Waals surface area contributed by atoms with Gasteiger partial charge in [-0.15, -0.1) is 0 Å². The Morgan fingerprint density at radius 2 is 1.71 bits per heavy atom. The van der Waals surface area contributed by atoms with E-state index in [0.29, 0.717) is 16.6 Å². The lowest BCUT2D eigenvalue weighted by molar-refractivity contribution is -0.908. The zero-order valence-corrected chi connectivity index (χ0v) is 18.0. The van der Waals surface area contributed by atoms with Gasteiger partial charge in [0.1, 0.15) is 6.54 Å². The molecule has 3 N–H and O–H groups in total. The summed E-state index contributed by atoms with van der Waals surface area (Å²) >= 11 is 12.0. The summed E-state index contributed by atoms with van der Waals surface area (Å²) in [5.41, 5.74) is 3.74. The fourth-order valence-corrected chi connectivity index (χ4v) is 3.18. The van der Waals surface area contributed by atoms with Gasteiger partial charge in [-0.25, -0.2) is 0 Å². The summed E-state index contributed by atoms with van der Waals surface area (Å²) in [5, 5.41) is 6.57. The van der Waals surface area contributed by atoms with Crippen molar-refractivity contribution in [2.24, 2.45) is 0 Å². The average molecular weight is 423 g/mol. The van der Waals surface area contributed by atoms with Crippen molar-refractivity contribution in [3.63, 3.8) is 0 Å². The molecule has 150 valence electrons. The number of hydrogen-bond acceptors (Lipinski definition) is 2. The van der Waals surface area contributed by atoms with Crippen molar-refractivity contribution >= 4 is 40.7 Å². The Kier molecular flexibility index (Phi) is 7.87. The van der Waals surface area contributed by atoms with Crippen molar-refractivity contribution in [2.45, 2.75) is 33.4 Å². The minimum Gasteiger partial charge on any atom is -0.342 e. The van der Waals surface area contributed by atoms with E-state index >= 15 is 0 Å². The maximum Gasteiger partial charge on any atom is 0.278 e. The van der Waals surface area contributed by atoms with E-state index in [2.05, 4.69) is 10.6 Å². The van der Waals surface area contributed by atoms with Gasteiger partial charge >= 0.3 is 0 Å². The van der Waals surface area contributed by atoms with Crippen molar-refractivity contribution in [3.8, 4) is 0 Å². The van der Waals surface area contributed by atoms with Crippen LogP contribution in [-0.4, -0.2) is 31.4 Å². The van der Waals surface area contributed by atoms with E-state index < -0.39 is 0 Å². The van der Waals surface area contributed by atoms with Crippen molar-refractivity contribution in [1.82, 2.24) is 5.32 Å². The summed E-state index contributed by atoms with van der Waals surface area (Å²) in [6.45, 7) is 6.23. The quantitative estimate of drug-likeness (QED) is 0.642. The van der Waals surface area contributed by atoms with Crippen molar-refractivity contribution in [1.29, 1.82) is 0 Å². The largest absolute Gasteiger partial charge is 0.342 e. The molecule has 0 fully saturated rings. The molecule has 2 amide bonds. The Hall–Kier alpha value is -2.08. The van der Waals surface area contributed by atoms with Gasteiger partial charge in [-0.3, -0.25) is 9.59 Å². The number of hydrogen-bond donors (Lipinski definition) is 3.